The second-order valence-electron chi connectivity index (χ2n) is 5.51. The highest BCUT2D eigenvalue weighted by Gasteiger charge is 2.48. The molecule has 0 saturated carbocycles. The van der Waals surface area contributed by atoms with Crippen LogP contribution >= 0.6 is 0 Å². The number of amides is 1. The van der Waals surface area contributed by atoms with Crippen molar-refractivity contribution in [1.29, 1.82) is 0 Å². The predicted molar refractivity (Wildman–Crippen MR) is 69.4 cm³/mol. The molecule has 0 unspecified atom stereocenters. The number of carbonyl (C=O) groups excluding carboxylic acids is 1. The number of likely N-dealkylation sites (tertiary alicyclic amines) is 1. The third-order valence-electron chi connectivity index (χ3n) is 4.12. The minimum absolute atomic E-state index is 0.00580. The topological polar surface area (TPSA) is 72.3 Å². The number of rotatable bonds is 2. The van der Waals surface area contributed by atoms with Crippen molar-refractivity contribution in [1.82, 2.24) is 14.1 Å². The van der Waals surface area contributed by atoms with E-state index in [1.807, 2.05) is 0 Å². The van der Waals surface area contributed by atoms with Crippen LogP contribution in [0.3, 0.4) is 0 Å². The molecule has 0 bridgehead atoms. The van der Waals surface area contributed by atoms with Gasteiger partial charge < -0.3 is 4.90 Å². The molecule has 2 heterocycles. The van der Waals surface area contributed by atoms with Crippen molar-refractivity contribution in [3.05, 3.63) is 17.5 Å². The van der Waals surface area contributed by atoms with Gasteiger partial charge in [-0.15, -0.1) is 0 Å². The van der Waals surface area contributed by atoms with Gasteiger partial charge in [-0.05, 0) is 24.8 Å². The number of carbonyl (C=O) groups is 1. The first-order chi connectivity index (χ1) is 10.2. The Morgan fingerprint density at radius 2 is 2.00 bits per heavy atom. The fourth-order valence-corrected chi connectivity index (χ4v) is 3.68. The van der Waals surface area contributed by atoms with Crippen LogP contribution in [0.4, 0.5) is 13.2 Å². The summed E-state index contributed by atoms with van der Waals surface area (Å²) in [5.41, 5.74) is -4.56. The van der Waals surface area contributed by atoms with Gasteiger partial charge in [-0.3, -0.25) is 4.79 Å². The van der Waals surface area contributed by atoms with E-state index in [1.165, 1.54) is 0 Å². The zero-order chi connectivity index (χ0) is 16.1. The van der Waals surface area contributed by atoms with Gasteiger partial charge in [0.15, 0.2) is 0 Å². The first-order valence-electron chi connectivity index (χ1n) is 6.89. The summed E-state index contributed by atoms with van der Waals surface area (Å²) in [7, 11) is -5.49. The lowest BCUT2D eigenvalue weighted by Gasteiger charge is -2.30. The second-order valence-corrected chi connectivity index (χ2v) is 7.30. The van der Waals surface area contributed by atoms with E-state index in [-0.39, 0.29) is 16.0 Å². The molecule has 1 aliphatic carbocycles. The molecule has 0 radical (unpaired) electrons. The fraction of sp³-hybridized carbons (Fsp3) is 0.667. The number of nitrogens with zero attached hydrogens (tertiary/aromatic N) is 3. The summed E-state index contributed by atoms with van der Waals surface area (Å²) >= 11 is 0. The Labute approximate surface area is 124 Å². The number of halogens is 3. The molecule has 0 N–H and O–H groups in total. The Kier molecular flexibility index (Phi) is 3.46. The number of alkyl halides is 3. The van der Waals surface area contributed by atoms with Gasteiger partial charge in [-0.1, -0.05) is 0 Å². The highest BCUT2D eigenvalue weighted by Crippen LogP contribution is 2.30. The molecule has 6 nitrogen and oxygen atoms in total. The first kappa shape index (κ1) is 15.3. The summed E-state index contributed by atoms with van der Waals surface area (Å²) in [5.74, 6) is 0.0378. The highest BCUT2D eigenvalue weighted by molar-refractivity contribution is 7.90. The Morgan fingerprint density at radius 3 is 2.59 bits per heavy atom. The molecule has 1 aromatic rings. The summed E-state index contributed by atoms with van der Waals surface area (Å²) in [6.45, 7) is 0.639. The maximum Gasteiger partial charge on any atom is 0.518 e. The fourth-order valence-electron chi connectivity index (χ4n) is 3.00. The Hall–Kier alpha value is -1.58. The van der Waals surface area contributed by atoms with Crippen LogP contribution in [0.2, 0.25) is 0 Å². The summed E-state index contributed by atoms with van der Waals surface area (Å²) in [4.78, 5) is 13.5. The average molecular weight is 337 g/mol. The summed E-state index contributed by atoms with van der Waals surface area (Å²) in [5, 5.41) is 3.61. The molecule has 22 heavy (non-hydrogen) atoms. The first-order valence-corrected chi connectivity index (χ1v) is 8.33. The summed E-state index contributed by atoms with van der Waals surface area (Å²) < 4.78 is 60.4. The van der Waals surface area contributed by atoms with Gasteiger partial charge in [0.2, 0.25) is 5.91 Å². The van der Waals surface area contributed by atoms with Crippen LogP contribution in [-0.4, -0.2) is 46.5 Å². The lowest BCUT2D eigenvalue weighted by atomic mass is 9.93. The van der Waals surface area contributed by atoms with Crippen molar-refractivity contribution >= 4 is 15.9 Å². The van der Waals surface area contributed by atoms with Crippen molar-refractivity contribution in [2.45, 2.75) is 43.7 Å². The number of aromatic nitrogens is 2. The van der Waals surface area contributed by atoms with E-state index in [4.69, 9.17) is 0 Å². The minimum atomic E-state index is -5.49. The Balaban J connectivity index is 1.86. The van der Waals surface area contributed by atoms with Crippen LogP contribution in [-0.2, 0) is 27.7 Å². The third kappa shape index (κ3) is 2.38. The van der Waals surface area contributed by atoms with Crippen molar-refractivity contribution in [2.75, 3.05) is 6.54 Å². The molecular weight excluding hydrogens is 323 g/mol. The molecule has 1 atom stereocenters. The van der Waals surface area contributed by atoms with E-state index in [0.717, 1.165) is 12.6 Å². The van der Waals surface area contributed by atoms with Gasteiger partial charge in [-0.2, -0.15) is 30.8 Å². The lowest BCUT2D eigenvalue weighted by molar-refractivity contribution is -0.129. The molecule has 1 aromatic heterocycles. The third-order valence-corrected chi connectivity index (χ3v) is 5.39. The maximum absolute atomic E-state index is 12.6. The largest absolute Gasteiger partial charge is 0.518 e. The highest BCUT2D eigenvalue weighted by atomic mass is 32.2. The minimum Gasteiger partial charge on any atom is -0.339 e. The lowest BCUT2D eigenvalue weighted by Crippen LogP contribution is -2.40. The summed E-state index contributed by atoms with van der Waals surface area (Å²) in [6, 6.07) is -0.112. The van der Waals surface area contributed by atoms with Crippen LogP contribution in [0.25, 0.3) is 0 Å². The monoisotopic (exact) mass is 337 g/mol. The average Bonchev–Trinajstić information content (AvgIpc) is 3.02. The van der Waals surface area contributed by atoms with E-state index in [1.54, 1.807) is 4.90 Å². The Morgan fingerprint density at radius 1 is 1.27 bits per heavy atom. The number of hydrogen-bond acceptors (Lipinski definition) is 4. The number of aryl methyl sites for hydroxylation is 1. The van der Waals surface area contributed by atoms with Crippen LogP contribution in [0.5, 0.6) is 0 Å². The van der Waals surface area contributed by atoms with Gasteiger partial charge >= 0.3 is 15.5 Å². The van der Waals surface area contributed by atoms with E-state index in [2.05, 4.69) is 5.10 Å². The van der Waals surface area contributed by atoms with Crippen LogP contribution in [0, 0.1) is 0 Å². The molecule has 1 amide bonds. The molecule has 1 fully saturated rings. The standard InChI is InChI=1S/C12H14F3N3O3S/c13-12(14,15)22(20,21)18-7-8-3-4-9(6-10(8)16-18)17-5-1-2-11(17)19/h7,9H,1-6H2/t9-/m1/s1. The van der Waals surface area contributed by atoms with E-state index in [0.29, 0.717) is 43.5 Å². The van der Waals surface area contributed by atoms with Crippen LogP contribution < -0.4 is 0 Å². The quantitative estimate of drug-likeness (QED) is 0.809. The van der Waals surface area contributed by atoms with Gasteiger partial charge in [0.25, 0.3) is 0 Å². The van der Waals surface area contributed by atoms with Gasteiger partial charge in [0, 0.05) is 31.6 Å². The van der Waals surface area contributed by atoms with E-state index >= 15 is 0 Å². The summed E-state index contributed by atoms with van der Waals surface area (Å²) in [6.07, 6.45) is 3.51. The normalized spacial score (nSPS) is 23.0. The number of fused-ring (bicyclic) bond motifs is 1. The predicted octanol–water partition coefficient (Wildman–Crippen LogP) is 1.06. The molecule has 122 valence electrons. The zero-order valence-electron chi connectivity index (χ0n) is 11.5. The van der Waals surface area contributed by atoms with Crippen molar-refractivity contribution < 1.29 is 26.4 Å². The molecule has 0 spiro atoms. The smallest absolute Gasteiger partial charge is 0.339 e. The van der Waals surface area contributed by atoms with Gasteiger partial charge in [0.1, 0.15) is 0 Å². The molecular formula is C12H14F3N3O3S. The number of hydrogen-bond donors (Lipinski definition) is 0. The molecule has 10 heteroatoms. The molecule has 2 aliphatic rings. The van der Waals surface area contributed by atoms with Crippen molar-refractivity contribution in [2.24, 2.45) is 0 Å². The van der Waals surface area contributed by atoms with Crippen molar-refractivity contribution in [3.8, 4) is 0 Å². The maximum atomic E-state index is 12.6. The van der Waals surface area contributed by atoms with Crippen molar-refractivity contribution in [3.63, 3.8) is 0 Å². The molecule has 0 aromatic carbocycles. The van der Waals surface area contributed by atoms with Gasteiger partial charge in [-0.25, -0.2) is 0 Å². The SMILES string of the molecule is O=C1CCCN1[C@@H]1CCc2cn(S(=O)(=O)C(F)(F)F)nc2C1. The molecule has 1 saturated heterocycles. The molecule has 1 aliphatic heterocycles. The van der Waals surface area contributed by atoms with Crippen LogP contribution in [0.15, 0.2) is 6.20 Å². The molecule has 3 rings (SSSR count). The van der Waals surface area contributed by atoms with E-state index < -0.39 is 15.5 Å². The van der Waals surface area contributed by atoms with Crippen LogP contribution in [0.1, 0.15) is 30.5 Å². The zero-order valence-corrected chi connectivity index (χ0v) is 12.3. The van der Waals surface area contributed by atoms with Gasteiger partial charge in [0.05, 0.1) is 5.69 Å². The second kappa shape index (κ2) is 4.97. The van der Waals surface area contributed by atoms with E-state index in [9.17, 15) is 26.4 Å². The Bertz CT molecular complexity index is 711.